The molecule has 1 unspecified atom stereocenters. The fraction of sp³-hybridized carbons (Fsp3) is 0.611. The smallest absolute Gasteiger partial charge is 0.137 e. The topological polar surface area (TPSA) is 43.1 Å². The van der Waals surface area contributed by atoms with E-state index in [9.17, 15) is 4.79 Å². The van der Waals surface area contributed by atoms with E-state index >= 15 is 0 Å². The Morgan fingerprint density at radius 1 is 1.15 bits per heavy atom. The highest BCUT2D eigenvalue weighted by Crippen LogP contribution is 2.19. The molecule has 0 aliphatic rings. The number of benzene rings is 1. The lowest BCUT2D eigenvalue weighted by Gasteiger charge is -2.15. The molecular weight excluding hydrogens is 246 g/mol. The van der Waals surface area contributed by atoms with Gasteiger partial charge in [-0.05, 0) is 55.8 Å². The number of carbonyl (C=O) groups is 1. The van der Waals surface area contributed by atoms with Crippen LogP contribution >= 0.6 is 0 Å². The minimum atomic E-state index is 0.362. The SMILES string of the molecule is CCCC(CCN)CCC(=O)Cc1c(C)cccc1C. The van der Waals surface area contributed by atoms with Crippen LogP contribution in [-0.2, 0) is 11.2 Å². The van der Waals surface area contributed by atoms with Gasteiger partial charge in [0.2, 0.25) is 0 Å². The molecule has 2 N–H and O–H groups in total. The molecule has 1 aromatic carbocycles. The molecule has 0 radical (unpaired) electrons. The minimum absolute atomic E-state index is 0.362. The molecular formula is C18H29NO. The zero-order valence-electron chi connectivity index (χ0n) is 13.2. The third kappa shape index (κ3) is 5.46. The molecule has 2 heteroatoms. The van der Waals surface area contributed by atoms with Gasteiger partial charge >= 0.3 is 0 Å². The third-order valence-corrected chi connectivity index (χ3v) is 4.12. The molecule has 1 aromatic rings. The van der Waals surface area contributed by atoms with Gasteiger partial charge in [0.1, 0.15) is 5.78 Å². The van der Waals surface area contributed by atoms with E-state index in [1.807, 2.05) is 0 Å². The van der Waals surface area contributed by atoms with Crippen molar-refractivity contribution < 1.29 is 4.79 Å². The van der Waals surface area contributed by atoms with E-state index in [0.29, 0.717) is 24.5 Å². The summed E-state index contributed by atoms with van der Waals surface area (Å²) in [5.41, 5.74) is 9.31. The molecule has 0 saturated carbocycles. The Hall–Kier alpha value is -1.15. The van der Waals surface area contributed by atoms with Crippen molar-refractivity contribution in [3.8, 4) is 0 Å². The molecule has 112 valence electrons. The van der Waals surface area contributed by atoms with Gasteiger partial charge in [0.15, 0.2) is 0 Å². The van der Waals surface area contributed by atoms with Crippen LogP contribution in [0.4, 0.5) is 0 Å². The standard InChI is InChI=1S/C18H29NO/c1-4-6-16(11-12-19)9-10-17(20)13-18-14(2)7-5-8-15(18)3/h5,7-8,16H,4,6,9-13,19H2,1-3H3. The van der Waals surface area contributed by atoms with E-state index in [2.05, 4.69) is 39.0 Å². The fourth-order valence-electron chi connectivity index (χ4n) is 2.86. The average molecular weight is 275 g/mol. The molecule has 0 bridgehead atoms. The lowest BCUT2D eigenvalue weighted by molar-refractivity contribution is -0.118. The molecule has 20 heavy (non-hydrogen) atoms. The second-order valence-electron chi connectivity index (χ2n) is 5.86. The number of hydrogen-bond donors (Lipinski definition) is 1. The maximum Gasteiger partial charge on any atom is 0.137 e. The molecule has 0 aliphatic heterocycles. The fourth-order valence-corrected chi connectivity index (χ4v) is 2.86. The van der Waals surface area contributed by atoms with Crippen LogP contribution in [0.3, 0.4) is 0 Å². The Bertz CT molecular complexity index is 399. The van der Waals surface area contributed by atoms with Crippen molar-refractivity contribution in [3.63, 3.8) is 0 Å². The van der Waals surface area contributed by atoms with Crippen molar-refractivity contribution >= 4 is 5.78 Å². The van der Waals surface area contributed by atoms with Crippen LogP contribution < -0.4 is 5.73 Å². The highest BCUT2D eigenvalue weighted by atomic mass is 16.1. The predicted octanol–water partition coefficient (Wildman–Crippen LogP) is 3.96. The van der Waals surface area contributed by atoms with Crippen LogP contribution in [0, 0.1) is 19.8 Å². The number of carbonyl (C=O) groups excluding carboxylic acids is 1. The van der Waals surface area contributed by atoms with Crippen molar-refractivity contribution in [1.82, 2.24) is 0 Å². The van der Waals surface area contributed by atoms with Gasteiger partial charge in [0, 0.05) is 12.8 Å². The first-order chi connectivity index (χ1) is 9.58. The van der Waals surface area contributed by atoms with Crippen molar-refractivity contribution in [3.05, 3.63) is 34.9 Å². The molecule has 0 saturated heterocycles. The van der Waals surface area contributed by atoms with E-state index in [1.165, 1.54) is 29.5 Å². The molecule has 0 heterocycles. The second kappa shape index (κ2) is 8.91. The molecule has 0 amide bonds. The van der Waals surface area contributed by atoms with E-state index in [0.717, 1.165) is 19.4 Å². The summed E-state index contributed by atoms with van der Waals surface area (Å²) >= 11 is 0. The number of nitrogens with two attached hydrogens (primary N) is 1. The first-order valence-electron chi connectivity index (χ1n) is 7.85. The Morgan fingerprint density at radius 2 is 1.80 bits per heavy atom. The van der Waals surface area contributed by atoms with E-state index < -0.39 is 0 Å². The Kier molecular flexibility index (Phi) is 7.53. The van der Waals surface area contributed by atoms with Gasteiger partial charge in [-0.2, -0.15) is 0 Å². The Balaban J connectivity index is 2.51. The van der Waals surface area contributed by atoms with Crippen molar-refractivity contribution in [2.75, 3.05) is 6.54 Å². The van der Waals surface area contributed by atoms with Gasteiger partial charge in [-0.1, -0.05) is 38.0 Å². The van der Waals surface area contributed by atoms with E-state index in [-0.39, 0.29) is 0 Å². The first-order valence-corrected chi connectivity index (χ1v) is 7.85. The van der Waals surface area contributed by atoms with Crippen molar-refractivity contribution in [2.24, 2.45) is 11.7 Å². The normalized spacial score (nSPS) is 12.4. The van der Waals surface area contributed by atoms with Crippen LogP contribution in [0.2, 0.25) is 0 Å². The molecule has 1 atom stereocenters. The summed E-state index contributed by atoms with van der Waals surface area (Å²) in [6.45, 7) is 7.10. The first kappa shape index (κ1) is 16.9. The van der Waals surface area contributed by atoms with E-state index in [1.54, 1.807) is 0 Å². The molecule has 0 aliphatic carbocycles. The summed E-state index contributed by atoms with van der Waals surface area (Å²) in [5.74, 6) is 0.979. The average Bonchev–Trinajstić information content (AvgIpc) is 2.41. The number of ketones is 1. The summed E-state index contributed by atoms with van der Waals surface area (Å²) in [6, 6.07) is 6.23. The lowest BCUT2D eigenvalue weighted by atomic mass is 9.91. The highest BCUT2D eigenvalue weighted by molar-refractivity contribution is 5.81. The predicted molar refractivity (Wildman–Crippen MR) is 85.9 cm³/mol. The number of Topliss-reactive ketones (excluding diaryl/α,β-unsaturated/α-hetero) is 1. The monoisotopic (exact) mass is 275 g/mol. The zero-order valence-corrected chi connectivity index (χ0v) is 13.2. The van der Waals surface area contributed by atoms with Gasteiger partial charge in [0.05, 0.1) is 0 Å². The minimum Gasteiger partial charge on any atom is -0.330 e. The van der Waals surface area contributed by atoms with Gasteiger partial charge in [-0.25, -0.2) is 0 Å². The number of rotatable bonds is 9. The molecule has 2 nitrogen and oxygen atoms in total. The highest BCUT2D eigenvalue weighted by Gasteiger charge is 2.12. The van der Waals surface area contributed by atoms with Crippen LogP contribution in [0.15, 0.2) is 18.2 Å². The van der Waals surface area contributed by atoms with Gasteiger partial charge < -0.3 is 5.73 Å². The summed E-state index contributed by atoms with van der Waals surface area (Å²) in [7, 11) is 0. The van der Waals surface area contributed by atoms with Crippen molar-refractivity contribution in [1.29, 1.82) is 0 Å². The quantitative estimate of drug-likeness (QED) is 0.741. The maximum atomic E-state index is 12.2. The largest absolute Gasteiger partial charge is 0.330 e. The van der Waals surface area contributed by atoms with Gasteiger partial charge in [-0.15, -0.1) is 0 Å². The van der Waals surface area contributed by atoms with Crippen LogP contribution in [0.25, 0.3) is 0 Å². The zero-order chi connectivity index (χ0) is 15.0. The van der Waals surface area contributed by atoms with Gasteiger partial charge in [0.25, 0.3) is 0 Å². The lowest BCUT2D eigenvalue weighted by Crippen LogP contribution is -2.12. The van der Waals surface area contributed by atoms with E-state index in [4.69, 9.17) is 5.73 Å². The summed E-state index contributed by atoms with van der Waals surface area (Å²) < 4.78 is 0. The summed E-state index contributed by atoms with van der Waals surface area (Å²) in [4.78, 5) is 12.2. The van der Waals surface area contributed by atoms with Crippen LogP contribution in [-0.4, -0.2) is 12.3 Å². The van der Waals surface area contributed by atoms with Crippen LogP contribution in [0.5, 0.6) is 0 Å². The van der Waals surface area contributed by atoms with Gasteiger partial charge in [-0.3, -0.25) is 4.79 Å². The molecule has 0 aromatic heterocycles. The molecule has 0 spiro atoms. The number of hydrogen-bond acceptors (Lipinski definition) is 2. The Labute approximate surface area is 123 Å². The number of aryl methyl sites for hydroxylation is 2. The molecule has 1 rings (SSSR count). The summed E-state index contributed by atoms with van der Waals surface area (Å²) in [6.07, 6.45) is 5.68. The van der Waals surface area contributed by atoms with Crippen molar-refractivity contribution in [2.45, 2.75) is 59.3 Å². The maximum absolute atomic E-state index is 12.2. The van der Waals surface area contributed by atoms with Crippen LogP contribution in [0.1, 0.15) is 55.7 Å². The summed E-state index contributed by atoms with van der Waals surface area (Å²) in [5, 5.41) is 0. The Morgan fingerprint density at radius 3 is 2.35 bits per heavy atom. The third-order valence-electron chi connectivity index (χ3n) is 4.12. The second-order valence-corrected chi connectivity index (χ2v) is 5.86. The molecule has 0 fully saturated rings.